The number of hydrogen-bond donors (Lipinski definition) is 1. The summed E-state index contributed by atoms with van der Waals surface area (Å²) in [5.41, 5.74) is 2.37. The normalized spacial score (nSPS) is 22.8. The van der Waals surface area contributed by atoms with E-state index in [1.54, 1.807) is 11.3 Å². The van der Waals surface area contributed by atoms with E-state index >= 15 is 0 Å². The van der Waals surface area contributed by atoms with Gasteiger partial charge >= 0.3 is 0 Å². The van der Waals surface area contributed by atoms with Crippen LogP contribution in [0, 0.1) is 12.8 Å². The Bertz CT molecular complexity index is 962. The Balaban J connectivity index is 1.46. The van der Waals surface area contributed by atoms with E-state index in [1.165, 1.54) is 12.8 Å². The Hall–Kier alpha value is -2.25. The third-order valence-corrected chi connectivity index (χ3v) is 6.04. The third-order valence-electron chi connectivity index (χ3n) is 5.15. The van der Waals surface area contributed by atoms with Crippen molar-refractivity contribution in [2.24, 2.45) is 5.92 Å². The van der Waals surface area contributed by atoms with E-state index in [0.29, 0.717) is 41.0 Å². The lowest BCUT2D eigenvalue weighted by Gasteiger charge is -2.12. The standard InChI is InChI=1S/C19H19N3O3S/c1-10-17-13(18(23)20-12-7-15(24-9-12)11-4-5-11)8-14(16-3-2-6-26-16)21-19(17)25-22-10/h2-3,6,8,11-12,15H,4-5,7,9H2,1H3,(H,20,23). The molecule has 2 aliphatic rings. The van der Waals surface area contributed by atoms with Crippen LogP contribution in [0.1, 0.15) is 35.3 Å². The molecule has 4 heterocycles. The molecule has 2 atom stereocenters. The number of hydrogen-bond acceptors (Lipinski definition) is 6. The van der Waals surface area contributed by atoms with E-state index in [4.69, 9.17) is 9.26 Å². The molecule has 26 heavy (non-hydrogen) atoms. The fourth-order valence-corrected chi connectivity index (χ4v) is 4.33. The molecule has 0 spiro atoms. The Kier molecular flexibility index (Phi) is 3.79. The highest BCUT2D eigenvalue weighted by Gasteiger charge is 2.38. The van der Waals surface area contributed by atoms with E-state index in [1.807, 2.05) is 30.5 Å². The van der Waals surface area contributed by atoms with Crippen LogP contribution in [0.2, 0.25) is 0 Å². The van der Waals surface area contributed by atoms with Crippen molar-refractivity contribution in [2.45, 2.75) is 38.3 Å². The predicted molar refractivity (Wildman–Crippen MR) is 98.2 cm³/mol. The monoisotopic (exact) mass is 369 g/mol. The van der Waals surface area contributed by atoms with Crippen molar-refractivity contribution in [3.05, 3.63) is 34.8 Å². The van der Waals surface area contributed by atoms with Crippen LogP contribution in [0.5, 0.6) is 0 Å². The quantitative estimate of drug-likeness (QED) is 0.761. The predicted octanol–water partition coefficient (Wildman–Crippen LogP) is 3.56. The van der Waals surface area contributed by atoms with E-state index in [9.17, 15) is 4.79 Å². The van der Waals surface area contributed by atoms with Crippen molar-refractivity contribution in [1.82, 2.24) is 15.5 Å². The molecule has 3 aromatic rings. The Morgan fingerprint density at radius 3 is 3.04 bits per heavy atom. The van der Waals surface area contributed by atoms with Crippen LogP contribution in [0.3, 0.4) is 0 Å². The number of thiophene rings is 1. The topological polar surface area (TPSA) is 77.2 Å². The molecule has 1 saturated carbocycles. The highest BCUT2D eigenvalue weighted by atomic mass is 32.1. The minimum Gasteiger partial charge on any atom is -0.376 e. The van der Waals surface area contributed by atoms with Gasteiger partial charge in [-0.2, -0.15) is 0 Å². The number of ether oxygens (including phenoxy) is 1. The van der Waals surface area contributed by atoms with Crippen molar-refractivity contribution in [2.75, 3.05) is 6.61 Å². The average molecular weight is 369 g/mol. The number of nitrogens with one attached hydrogen (secondary N) is 1. The number of rotatable bonds is 4. The van der Waals surface area contributed by atoms with Gasteiger partial charge in [0.05, 0.1) is 46.0 Å². The van der Waals surface area contributed by atoms with Crippen LogP contribution in [-0.2, 0) is 4.74 Å². The summed E-state index contributed by atoms with van der Waals surface area (Å²) in [7, 11) is 0. The molecular weight excluding hydrogens is 350 g/mol. The fourth-order valence-electron chi connectivity index (χ4n) is 3.64. The number of carbonyl (C=O) groups is 1. The van der Waals surface area contributed by atoms with Gasteiger partial charge < -0.3 is 14.6 Å². The van der Waals surface area contributed by atoms with Gasteiger partial charge in [0.25, 0.3) is 11.6 Å². The first-order valence-electron chi connectivity index (χ1n) is 8.92. The number of nitrogens with zero attached hydrogens (tertiary/aromatic N) is 2. The largest absolute Gasteiger partial charge is 0.376 e. The zero-order valence-electron chi connectivity index (χ0n) is 14.4. The smallest absolute Gasteiger partial charge is 0.259 e. The molecule has 1 aliphatic heterocycles. The van der Waals surface area contributed by atoms with Crippen molar-refractivity contribution in [1.29, 1.82) is 0 Å². The number of carbonyl (C=O) groups excluding carboxylic acids is 1. The maximum absolute atomic E-state index is 13.0. The first-order valence-corrected chi connectivity index (χ1v) is 9.80. The number of pyridine rings is 1. The van der Waals surface area contributed by atoms with E-state index in [2.05, 4.69) is 15.5 Å². The molecule has 7 heteroatoms. The molecule has 3 aromatic heterocycles. The van der Waals surface area contributed by atoms with Crippen LogP contribution in [0.25, 0.3) is 21.7 Å². The minimum atomic E-state index is -0.119. The van der Waals surface area contributed by atoms with E-state index in [0.717, 1.165) is 17.0 Å². The second-order valence-electron chi connectivity index (χ2n) is 7.10. The molecule has 1 aliphatic carbocycles. The number of amides is 1. The van der Waals surface area contributed by atoms with E-state index in [-0.39, 0.29) is 11.9 Å². The SMILES string of the molecule is Cc1noc2nc(-c3cccs3)cc(C(=O)NC3COC(C4CC4)C3)c12. The van der Waals surface area contributed by atoms with Gasteiger partial charge in [-0.15, -0.1) is 11.3 Å². The van der Waals surface area contributed by atoms with Crippen molar-refractivity contribution in [3.63, 3.8) is 0 Å². The molecule has 6 nitrogen and oxygen atoms in total. The van der Waals surface area contributed by atoms with Crippen LogP contribution < -0.4 is 5.32 Å². The van der Waals surface area contributed by atoms with Gasteiger partial charge in [0.1, 0.15) is 0 Å². The summed E-state index contributed by atoms with van der Waals surface area (Å²) in [4.78, 5) is 18.5. The summed E-state index contributed by atoms with van der Waals surface area (Å²) < 4.78 is 11.2. The summed E-state index contributed by atoms with van der Waals surface area (Å²) in [5, 5.41) is 9.80. The summed E-state index contributed by atoms with van der Waals surface area (Å²) >= 11 is 1.58. The third kappa shape index (κ3) is 2.81. The van der Waals surface area contributed by atoms with Crippen LogP contribution in [0.4, 0.5) is 0 Å². The lowest BCUT2D eigenvalue weighted by molar-refractivity contribution is 0.0867. The molecule has 5 rings (SSSR count). The molecule has 0 radical (unpaired) electrons. The molecule has 1 N–H and O–H groups in total. The maximum atomic E-state index is 13.0. The highest BCUT2D eigenvalue weighted by molar-refractivity contribution is 7.13. The maximum Gasteiger partial charge on any atom is 0.259 e. The molecule has 134 valence electrons. The molecule has 0 bridgehead atoms. The van der Waals surface area contributed by atoms with Gasteiger partial charge in [0.15, 0.2) is 0 Å². The number of aromatic nitrogens is 2. The van der Waals surface area contributed by atoms with Crippen molar-refractivity contribution < 1.29 is 14.1 Å². The zero-order chi connectivity index (χ0) is 17.7. The number of fused-ring (bicyclic) bond motifs is 1. The Morgan fingerprint density at radius 1 is 1.38 bits per heavy atom. The highest BCUT2D eigenvalue weighted by Crippen LogP contribution is 2.38. The lowest BCUT2D eigenvalue weighted by Crippen LogP contribution is -2.35. The van der Waals surface area contributed by atoms with Gasteiger partial charge in [-0.1, -0.05) is 11.2 Å². The van der Waals surface area contributed by atoms with Gasteiger partial charge in [-0.05, 0) is 49.6 Å². The van der Waals surface area contributed by atoms with Gasteiger partial charge in [-0.3, -0.25) is 4.79 Å². The Morgan fingerprint density at radius 2 is 2.27 bits per heavy atom. The molecule has 1 amide bonds. The summed E-state index contributed by atoms with van der Waals surface area (Å²) in [6.45, 7) is 2.42. The second kappa shape index (κ2) is 6.17. The fraction of sp³-hybridized carbons (Fsp3) is 0.421. The molecule has 2 fully saturated rings. The molecular formula is C19H19N3O3S. The molecule has 2 unspecified atom stereocenters. The summed E-state index contributed by atoms with van der Waals surface area (Å²) in [6.07, 6.45) is 3.70. The van der Waals surface area contributed by atoms with E-state index < -0.39 is 0 Å². The number of aryl methyl sites for hydroxylation is 1. The van der Waals surface area contributed by atoms with Crippen molar-refractivity contribution >= 4 is 28.3 Å². The Labute approximate surface area is 154 Å². The summed E-state index contributed by atoms with van der Waals surface area (Å²) in [5.74, 6) is 0.571. The van der Waals surface area contributed by atoms with Crippen molar-refractivity contribution in [3.8, 4) is 10.6 Å². The van der Waals surface area contributed by atoms with Gasteiger partial charge in [0, 0.05) is 0 Å². The lowest BCUT2D eigenvalue weighted by atomic mass is 10.1. The second-order valence-corrected chi connectivity index (χ2v) is 8.04. The first-order chi connectivity index (χ1) is 12.7. The zero-order valence-corrected chi connectivity index (χ0v) is 15.2. The minimum absolute atomic E-state index is 0.0571. The van der Waals surface area contributed by atoms with Gasteiger partial charge in [-0.25, -0.2) is 4.98 Å². The average Bonchev–Trinajstić information content (AvgIpc) is 3.03. The molecule has 0 aromatic carbocycles. The molecule has 1 saturated heterocycles. The van der Waals surface area contributed by atoms with Crippen LogP contribution >= 0.6 is 11.3 Å². The van der Waals surface area contributed by atoms with Crippen LogP contribution in [-0.4, -0.2) is 34.8 Å². The van der Waals surface area contributed by atoms with Gasteiger partial charge in [0.2, 0.25) is 0 Å². The summed E-state index contributed by atoms with van der Waals surface area (Å²) in [6, 6.07) is 5.84. The first kappa shape index (κ1) is 16.0. The van der Waals surface area contributed by atoms with Crippen LogP contribution in [0.15, 0.2) is 28.1 Å².